The zero-order valence-electron chi connectivity index (χ0n) is 30.3. The van der Waals surface area contributed by atoms with Gasteiger partial charge in [0.25, 0.3) is 0 Å². The van der Waals surface area contributed by atoms with E-state index in [2.05, 4.69) is 100 Å². The van der Waals surface area contributed by atoms with Gasteiger partial charge in [-0.1, -0.05) is 74.4 Å². The third-order valence-electron chi connectivity index (χ3n) is 6.34. The van der Waals surface area contributed by atoms with E-state index in [0.717, 1.165) is 17.3 Å². The van der Waals surface area contributed by atoms with Gasteiger partial charge < -0.3 is 9.09 Å². The molecule has 0 aliphatic rings. The maximum absolute atomic E-state index is 4.76. The van der Waals surface area contributed by atoms with Gasteiger partial charge in [0.1, 0.15) is 0 Å². The van der Waals surface area contributed by atoms with Crippen molar-refractivity contribution < 1.29 is 4.52 Å². The average Bonchev–Trinajstić information content (AvgIpc) is 3.78. The van der Waals surface area contributed by atoms with Crippen LogP contribution >= 0.6 is 0 Å². The Morgan fingerprint density at radius 2 is 1.27 bits per heavy atom. The van der Waals surface area contributed by atoms with Crippen molar-refractivity contribution in [2.75, 3.05) is 0 Å². The van der Waals surface area contributed by atoms with E-state index in [9.17, 15) is 0 Å². The molecular weight excluding hydrogens is 566 g/mol. The van der Waals surface area contributed by atoms with Crippen molar-refractivity contribution in [3.63, 3.8) is 0 Å². The van der Waals surface area contributed by atoms with Gasteiger partial charge in [-0.25, -0.2) is 0 Å². The van der Waals surface area contributed by atoms with E-state index in [1.165, 1.54) is 15.9 Å². The molecule has 0 radical (unpaired) electrons. The Balaban J connectivity index is 0.000000281. The van der Waals surface area contributed by atoms with Crippen molar-refractivity contribution in [1.82, 2.24) is 54.5 Å². The van der Waals surface area contributed by atoms with Gasteiger partial charge in [-0.2, -0.15) is 20.0 Å². The lowest BCUT2D eigenvalue weighted by Crippen LogP contribution is -1.94. The SMILES string of the molecule is CC(C)c1ccn(C)c1.CC(C)c1ccn(C)n1.CC(C)c1cnn(C)c1.CC(C)c1nnn(C)n1.Cc1nc(C(C)C)no1. The molecule has 0 N–H and O–H groups in total. The van der Waals surface area contributed by atoms with Crippen LogP contribution < -0.4 is 0 Å². The number of aryl methyl sites for hydroxylation is 5. The minimum absolute atomic E-state index is 0.363. The first-order chi connectivity index (χ1) is 21.0. The molecule has 0 saturated carbocycles. The highest BCUT2D eigenvalue weighted by Gasteiger charge is 2.05. The first-order valence-electron chi connectivity index (χ1n) is 15.6. The van der Waals surface area contributed by atoms with Crippen LogP contribution in [-0.2, 0) is 28.2 Å². The third-order valence-corrected chi connectivity index (χ3v) is 6.34. The van der Waals surface area contributed by atoms with Gasteiger partial charge >= 0.3 is 0 Å². The van der Waals surface area contributed by atoms with Gasteiger partial charge in [-0.3, -0.25) is 9.36 Å². The van der Waals surface area contributed by atoms with Crippen molar-refractivity contribution in [3.05, 3.63) is 77.5 Å². The molecule has 250 valence electrons. The monoisotopic (exact) mass is 623 g/mol. The van der Waals surface area contributed by atoms with Gasteiger partial charge in [0.05, 0.1) is 18.9 Å². The molecule has 0 aliphatic carbocycles. The number of hydrogen-bond donors (Lipinski definition) is 0. The highest BCUT2D eigenvalue weighted by atomic mass is 16.5. The van der Waals surface area contributed by atoms with E-state index in [-0.39, 0.29) is 0 Å². The number of tetrazole rings is 1. The predicted molar refractivity (Wildman–Crippen MR) is 180 cm³/mol. The fourth-order valence-corrected chi connectivity index (χ4v) is 3.42. The van der Waals surface area contributed by atoms with E-state index < -0.39 is 0 Å². The Morgan fingerprint density at radius 1 is 0.644 bits per heavy atom. The van der Waals surface area contributed by atoms with Crippen LogP contribution in [0, 0.1) is 6.92 Å². The minimum atomic E-state index is 0.363. The van der Waals surface area contributed by atoms with Crippen LogP contribution in [0.2, 0.25) is 0 Å². The highest BCUT2D eigenvalue weighted by molar-refractivity contribution is 5.13. The molecule has 0 unspecified atom stereocenters. The van der Waals surface area contributed by atoms with Crippen LogP contribution in [0.3, 0.4) is 0 Å². The van der Waals surface area contributed by atoms with E-state index in [4.69, 9.17) is 4.52 Å². The molecule has 5 aromatic rings. The van der Waals surface area contributed by atoms with Crippen molar-refractivity contribution >= 4 is 0 Å². The first kappa shape index (κ1) is 38.9. The molecule has 0 atom stereocenters. The summed E-state index contributed by atoms with van der Waals surface area (Å²) in [6, 6.07) is 4.20. The molecule has 12 nitrogen and oxygen atoms in total. The molecule has 0 saturated heterocycles. The smallest absolute Gasteiger partial charge is 0.223 e. The number of aromatic nitrogens is 11. The first-order valence-corrected chi connectivity index (χ1v) is 15.6. The molecule has 5 rings (SSSR count). The molecule has 5 aromatic heterocycles. The van der Waals surface area contributed by atoms with E-state index in [0.29, 0.717) is 35.5 Å². The normalized spacial score (nSPS) is 10.7. The van der Waals surface area contributed by atoms with E-state index >= 15 is 0 Å². The van der Waals surface area contributed by atoms with Gasteiger partial charge in [0.2, 0.25) is 5.89 Å². The van der Waals surface area contributed by atoms with E-state index in [1.54, 1.807) is 14.0 Å². The Morgan fingerprint density at radius 3 is 1.49 bits per heavy atom. The average molecular weight is 624 g/mol. The Bertz CT molecular complexity index is 1210. The molecule has 0 aliphatic heterocycles. The molecule has 0 amide bonds. The van der Waals surface area contributed by atoms with Gasteiger partial charge in [-0.05, 0) is 46.2 Å². The summed E-state index contributed by atoms with van der Waals surface area (Å²) in [6.07, 6.45) is 10.2. The topological polar surface area (TPSA) is 123 Å². The minimum Gasteiger partial charge on any atom is -0.357 e. The fourth-order valence-electron chi connectivity index (χ4n) is 3.42. The zero-order chi connectivity index (χ0) is 34.3. The Hall–Kier alpha value is -4.09. The molecule has 12 heteroatoms. The Kier molecular flexibility index (Phi) is 16.7. The van der Waals surface area contributed by atoms with Crippen molar-refractivity contribution in [3.8, 4) is 0 Å². The summed E-state index contributed by atoms with van der Waals surface area (Å²) >= 11 is 0. The lowest BCUT2D eigenvalue weighted by molar-refractivity contribution is 0.385. The number of rotatable bonds is 5. The lowest BCUT2D eigenvalue weighted by Gasteiger charge is -1.97. The van der Waals surface area contributed by atoms with Gasteiger partial charge in [0, 0.05) is 64.7 Å². The van der Waals surface area contributed by atoms with Crippen molar-refractivity contribution in [2.45, 2.75) is 106 Å². The number of hydrogen-bond acceptors (Lipinski definition) is 8. The quantitative estimate of drug-likeness (QED) is 0.204. The van der Waals surface area contributed by atoms with Crippen LogP contribution in [0.1, 0.15) is 133 Å². The molecule has 0 fully saturated rings. The maximum Gasteiger partial charge on any atom is 0.223 e. The Labute approximate surface area is 270 Å². The lowest BCUT2D eigenvalue weighted by atomic mass is 10.1. The van der Waals surface area contributed by atoms with Gasteiger partial charge in [-0.15, -0.1) is 10.2 Å². The van der Waals surface area contributed by atoms with Crippen molar-refractivity contribution in [2.24, 2.45) is 28.2 Å². The molecule has 0 bridgehead atoms. The van der Waals surface area contributed by atoms with Crippen LogP contribution in [0.5, 0.6) is 0 Å². The predicted octanol–water partition coefficient (Wildman–Crippen LogP) is 7.07. The standard InChI is InChI=1S/C8H13N.2C7H12N2.C6H10N2O.C5H10N4/c1-7(2)8-4-5-9(3)6-8;1-6(2)7-4-8-9(3)5-7;1-6(2)7-4-5-9(3)8-7;1-4(2)6-7-5(3)9-8-6;1-4(2)5-6-8-9(3)7-5/h4-7H,1-3H3;2*4-6H,1-3H3;2*4H,1-3H3. The molecule has 5 heterocycles. The summed E-state index contributed by atoms with van der Waals surface area (Å²) in [6.45, 7) is 22.9. The summed E-state index contributed by atoms with van der Waals surface area (Å²) in [5.74, 6) is 4.76. The zero-order valence-corrected chi connectivity index (χ0v) is 30.3. The second-order valence-corrected chi connectivity index (χ2v) is 12.6. The summed E-state index contributed by atoms with van der Waals surface area (Å²) in [7, 11) is 7.68. The second-order valence-electron chi connectivity index (χ2n) is 12.6. The molecular formula is C33H57N11O. The highest BCUT2D eigenvalue weighted by Crippen LogP contribution is 2.13. The van der Waals surface area contributed by atoms with Crippen LogP contribution in [0.15, 0.2) is 47.6 Å². The van der Waals surface area contributed by atoms with Crippen molar-refractivity contribution in [1.29, 1.82) is 0 Å². The summed E-state index contributed by atoms with van der Waals surface area (Å²) in [5, 5.41) is 23.5. The third kappa shape index (κ3) is 15.5. The van der Waals surface area contributed by atoms with E-state index in [1.807, 2.05) is 82.9 Å². The molecule has 0 aromatic carbocycles. The van der Waals surface area contributed by atoms with Crippen LogP contribution in [0.25, 0.3) is 0 Å². The number of nitrogens with zero attached hydrogens (tertiary/aromatic N) is 11. The molecule has 45 heavy (non-hydrogen) atoms. The fraction of sp³-hybridized carbons (Fsp3) is 0.606. The largest absolute Gasteiger partial charge is 0.357 e. The summed E-state index contributed by atoms with van der Waals surface area (Å²) in [4.78, 5) is 5.50. The molecule has 0 spiro atoms. The second kappa shape index (κ2) is 19.3. The summed E-state index contributed by atoms with van der Waals surface area (Å²) in [5.41, 5.74) is 3.88. The van der Waals surface area contributed by atoms with Gasteiger partial charge in [0.15, 0.2) is 11.6 Å². The maximum atomic E-state index is 4.76. The van der Waals surface area contributed by atoms with Crippen LogP contribution in [-0.4, -0.2) is 54.5 Å². The van der Waals surface area contributed by atoms with Crippen LogP contribution in [0.4, 0.5) is 0 Å². The summed E-state index contributed by atoms with van der Waals surface area (Å²) < 4.78 is 10.5.